The SMILES string of the molecule is O=C(CCNC(=O)c1ccsc1)NCc1ncc[nH]1. The summed E-state index contributed by atoms with van der Waals surface area (Å²) in [6.07, 6.45) is 3.57. The Labute approximate surface area is 114 Å². The highest BCUT2D eigenvalue weighted by atomic mass is 32.1. The number of aromatic nitrogens is 2. The van der Waals surface area contributed by atoms with Gasteiger partial charge in [-0.25, -0.2) is 4.98 Å². The van der Waals surface area contributed by atoms with Crippen LogP contribution in [0.25, 0.3) is 0 Å². The third-order valence-corrected chi connectivity index (χ3v) is 3.11. The zero-order valence-electron chi connectivity index (χ0n) is 10.2. The van der Waals surface area contributed by atoms with Crippen LogP contribution in [0.2, 0.25) is 0 Å². The van der Waals surface area contributed by atoms with E-state index in [1.165, 1.54) is 11.3 Å². The van der Waals surface area contributed by atoms with Crippen molar-refractivity contribution in [3.63, 3.8) is 0 Å². The summed E-state index contributed by atoms with van der Waals surface area (Å²) in [6.45, 7) is 0.684. The minimum absolute atomic E-state index is 0.123. The quantitative estimate of drug-likeness (QED) is 0.734. The first-order chi connectivity index (χ1) is 9.25. The lowest BCUT2D eigenvalue weighted by molar-refractivity contribution is -0.121. The molecule has 0 fully saturated rings. The summed E-state index contributed by atoms with van der Waals surface area (Å²) in [5.41, 5.74) is 0.626. The smallest absolute Gasteiger partial charge is 0.252 e. The van der Waals surface area contributed by atoms with Gasteiger partial charge in [0.2, 0.25) is 5.91 Å². The first-order valence-corrected chi connectivity index (χ1v) is 6.75. The Bertz CT molecular complexity index is 522. The molecule has 0 saturated carbocycles. The number of imidazole rings is 1. The van der Waals surface area contributed by atoms with Crippen molar-refractivity contribution >= 4 is 23.2 Å². The Morgan fingerprint density at radius 1 is 1.37 bits per heavy atom. The molecule has 3 N–H and O–H groups in total. The molecule has 0 aliphatic heterocycles. The van der Waals surface area contributed by atoms with E-state index in [-0.39, 0.29) is 18.2 Å². The minimum atomic E-state index is -0.153. The second-order valence-electron chi connectivity index (χ2n) is 3.83. The number of aromatic amines is 1. The van der Waals surface area contributed by atoms with Gasteiger partial charge < -0.3 is 15.6 Å². The fourth-order valence-electron chi connectivity index (χ4n) is 1.45. The summed E-state index contributed by atoms with van der Waals surface area (Å²) in [7, 11) is 0. The molecule has 0 atom stereocenters. The predicted molar refractivity (Wildman–Crippen MR) is 71.7 cm³/mol. The van der Waals surface area contributed by atoms with Crippen molar-refractivity contribution in [1.29, 1.82) is 0 Å². The highest BCUT2D eigenvalue weighted by molar-refractivity contribution is 7.08. The summed E-state index contributed by atoms with van der Waals surface area (Å²) in [5.74, 6) is 0.428. The number of hydrogen-bond donors (Lipinski definition) is 3. The maximum absolute atomic E-state index is 11.6. The number of thiophene rings is 1. The van der Waals surface area contributed by atoms with E-state index >= 15 is 0 Å². The van der Waals surface area contributed by atoms with E-state index in [1.54, 1.807) is 23.8 Å². The first-order valence-electron chi connectivity index (χ1n) is 5.81. The average Bonchev–Trinajstić information content (AvgIpc) is 3.09. The lowest BCUT2D eigenvalue weighted by atomic mass is 10.3. The summed E-state index contributed by atoms with van der Waals surface area (Å²) in [5, 5.41) is 9.01. The van der Waals surface area contributed by atoms with Crippen LogP contribution >= 0.6 is 11.3 Å². The monoisotopic (exact) mass is 278 g/mol. The number of nitrogens with zero attached hydrogens (tertiary/aromatic N) is 1. The van der Waals surface area contributed by atoms with Crippen molar-refractivity contribution in [3.05, 3.63) is 40.6 Å². The lowest BCUT2D eigenvalue weighted by Crippen LogP contribution is -2.30. The van der Waals surface area contributed by atoms with Crippen LogP contribution in [0.1, 0.15) is 22.6 Å². The van der Waals surface area contributed by atoms with Gasteiger partial charge in [-0.05, 0) is 11.4 Å². The van der Waals surface area contributed by atoms with Gasteiger partial charge in [-0.1, -0.05) is 0 Å². The topological polar surface area (TPSA) is 86.9 Å². The average molecular weight is 278 g/mol. The van der Waals surface area contributed by atoms with Crippen LogP contribution < -0.4 is 10.6 Å². The standard InChI is InChI=1S/C12H14N4O2S/c17-11(16-7-10-13-4-5-14-10)1-3-15-12(18)9-2-6-19-8-9/h2,4-6,8H,1,3,7H2,(H,13,14)(H,15,18)(H,16,17). The third kappa shape index (κ3) is 4.22. The van der Waals surface area contributed by atoms with Crippen molar-refractivity contribution < 1.29 is 9.59 Å². The summed E-state index contributed by atoms with van der Waals surface area (Å²) >= 11 is 1.46. The van der Waals surface area contributed by atoms with Crippen molar-refractivity contribution in [2.45, 2.75) is 13.0 Å². The Hall–Kier alpha value is -2.15. The molecule has 100 valence electrons. The fourth-order valence-corrected chi connectivity index (χ4v) is 2.09. The number of nitrogens with one attached hydrogen (secondary N) is 3. The molecule has 0 saturated heterocycles. The van der Waals surface area contributed by atoms with E-state index in [2.05, 4.69) is 20.6 Å². The van der Waals surface area contributed by atoms with Crippen molar-refractivity contribution in [1.82, 2.24) is 20.6 Å². The van der Waals surface area contributed by atoms with Gasteiger partial charge in [0.1, 0.15) is 5.82 Å². The van der Waals surface area contributed by atoms with Gasteiger partial charge in [-0.3, -0.25) is 9.59 Å². The van der Waals surface area contributed by atoms with E-state index in [9.17, 15) is 9.59 Å². The van der Waals surface area contributed by atoms with Crippen LogP contribution in [-0.4, -0.2) is 28.3 Å². The number of amides is 2. The van der Waals surface area contributed by atoms with E-state index in [0.29, 0.717) is 24.5 Å². The molecule has 2 amide bonds. The summed E-state index contributed by atoms with van der Waals surface area (Å²) < 4.78 is 0. The Morgan fingerprint density at radius 3 is 2.95 bits per heavy atom. The molecule has 19 heavy (non-hydrogen) atoms. The third-order valence-electron chi connectivity index (χ3n) is 2.43. The first kappa shape index (κ1) is 13.3. The number of H-pyrrole nitrogens is 1. The zero-order chi connectivity index (χ0) is 13.5. The minimum Gasteiger partial charge on any atom is -0.351 e. The summed E-state index contributed by atoms with van der Waals surface area (Å²) in [6, 6.07) is 1.75. The van der Waals surface area contributed by atoms with Gasteiger partial charge in [0.15, 0.2) is 0 Å². The van der Waals surface area contributed by atoms with Gasteiger partial charge in [0, 0.05) is 36.3 Å². The molecule has 0 aliphatic carbocycles. The lowest BCUT2D eigenvalue weighted by Gasteiger charge is -2.05. The molecule has 0 aliphatic rings. The Kier molecular flexibility index (Phi) is 4.68. The molecule has 2 rings (SSSR count). The molecule has 2 aromatic rings. The number of carbonyl (C=O) groups is 2. The van der Waals surface area contributed by atoms with Crippen LogP contribution in [0.4, 0.5) is 0 Å². The molecule has 7 heteroatoms. The maximum atomic E-state index is 11.6. The van der Waals surface area contributed by atoms with Gasteiger partial charge in [-0.2, -0.15) is 11.3 Å². The van der Waals surface area contributed by atoms with Gasteiger partial charge >= 0.3 is 0 Å². The highest BCUT2D eigenvalue weighted by Gasteiger charge is 2.06. The normalized spacial score (nSPS) is 10.1. The van der Waals surface area contributed by atoms with Gasteiger partial charge in [0.25, 0.3) is 5.91 Å². The zero-order valence-corrected chi connectivity index (χ0v) is 11.0. The molecule has 2 heterocycles. The molecule has 0 unspecified atom stereocenters. The number of rotatable bonds is 6. The molecular formula is C12H14N4O2S. The summed E-state index contributed by atoms with van der Waals surface area (Å²) in [4.78, 5) is 30.0. The van der Waals surface area contributed by atoms with Crippen molar-refractivity contribution in [2.75, 3.05) is 6.54 Å². The molecule has 0 radical (unpaired) electrons. The van der Waals surface area contributed by atoms with E-state index < -0.39 is 0 Å². The molecule has 0 spiro atoms. The maximum Gasteiger partial charge on any atom is 0.252 e. The van der Waals surface area contributed by atoms with Crippen LogP contribution in [-0.2, 0) is 11.3 Å². The molecule has 6 nitrogen and oxygen atoms in total. The van der Waals surface area contributed by atoms with E-state index in [4.69, 9.17) is 0 Å². The largest absolute Gasteiger partial charge is 0.351 e. The fraction of sp³-hybridized carbons (Fsp3) is 0.250. The van der Waals surface area contributed by atoms with Crippen LogP contribution in [0.5, 0.6) is 0 Å². The predicted octanol–water partition coefficient (Wildman–Crippen LogP) is 0.908. The van der Waals surface area contributed by atoms with Crippen LogP contribution in [0.3, 0.4) is 0 Å². The van der Waals surface area contributed by atoms with Crippen LogP contribution in [0.15, 0.2) is 29.2 Å². The van der Waals surface area contributed by atoms with Gasteiger partial charge in [-0.15, -0.1) is 0 Å². The van der Waals surface area contributed by atoms with Crippen molar-refractivity contribution in [3.8, 4) is 0 Å². The number of carbonyl (C=O) groups excluding carboxylic acids is 2. The molecule has 0 bridgehead atoms. The number of hydrogen-bond acceptors (Lipinski definition) is 4. The molecular weight excluding hydrogens is 264 g/mol. The highest BCUT2D eigenvalue weighted by Crippen LogP contribution is 2.04. The van der Waals surface area contributed by atoms with E-state index in [1.807, 2.05) is 5.38 Å². The van der Waals surface area contributed by atoms with Crippen molar-refractivity contribution in [2.24, 2.45) is 0 Å². The second kappa shape index (κ2) is 6.69. The Balaban J connectivity index is 1.63. The molecule has 0 aromatic carbocycles. The Morgan fingerprint density at radius 2 is 2.26 bits per heavy atom. The van der Waals surface area contributed by atoms with E-state index in [0.717, 1.165) is 0 Å². The second-order valence-corrected chi connectivity index (χ2v) is 4.61. The van der Waals surface area contributed by atoms with Crippen LogP contribution in [0, 0.1) is 0 Å². The molecule has 2 aromatic heterocycles. The van der Waals surface area contributed by atoms with Gasteiger partial charge in [0.05, 0.1) is 6.54 Å².